The monoisotopic (exact) mass is 398 g/mol. The van der Waals surface area contributed by atoms with Crippen LogP contribution in [0.2, 0.25) is 0 Å². The smallest absolute Gasteiger partial charge is 0.357 e. The first-order valence-electron chi connectivity index (χ1n) is 9.33. The Bertz CT molecular complexity index is 739. The fourth-order valence-electron chi connectivity index (χ4n) is 2.46. The van der Waals surface area contributed by atoms with Crippen LogP contribution >= 0.6 is 7.60 Å². The molecular weight excluding hydrogens is 370 g/mol. The molecule has 0 amide bonds. The third kappa shape index (κ3) is 6.16. The van der Waals surface area contributed by atoms with Crippen molar-refractivity contribution >= 4 is 13.4 Å². The summed E-state index contributed by atoms with van der Waals surface area (Å²) in [5, 5.41) is 6.87. The lowest BCUT2D eigenvalue weighted by molar-refractivity contribution is 0.194. The SMILES string of the molecule is CCCCOP(=O)(OCCCC)C(Nc1cc(C)on1)c1ccccc1F. The van der Waals surface area contributed by atoms with E-state index in [2.05, 4.69) is 10.5 Å². The molecule has 1 unspecified atom stereocenters. The Hall–Kier alpha value is -1.69. The predicted octanol–water partition coefficient (Wildman–Crippen LogP) is 6.06. The van der Waals surface area contributed by atoms with Gasteiger partial charge in [-0.2, -0.15) is 0 Å². The molecule has 0 bridgehead atoms. The highest BCUT2D eigenvalue weighted by molar-refractivity contribution is 7.54. The van der Waals surface area contributed by atoms with E-state index in [1.807, 2.05) is 13.8 Å². The first-order chi connectivity index (χ1) is 13.0. The molecule has 2 rings (SSSR count). The van der Waals surface area contributed by atoms with Crippen LogP contribution in [0.1, 0.15) is 56.6 Å². The Labute approximate surface area is 160 Å². The van der Waals surface area contributed by atoms with Crippen LogP contribution in [-0.4, -0.2) is 18.4 Å². The van der Waals surface area contributed by atoms with Crippen LogP contribution in [0.15, 0.2) is 34.9 Å². The highest BCUT2D eigenvalue weighted by Gasteiger charge is 2.39. The van der Waals surface area contributed by atoms with Crippen molar-refractivity contribution in [2.75, 3.05) is 18.5 Å². The molecule has 1 N–H and O–H groups in total. The maximum atomic E-state index is 14.5. The van der Waals surface area contributed by atoms with Gasteiger partial charge in [0.25, 0.3) is 0 Å². The molecule has 1 aromatic heterocycles. The highest BCUT2D eigenvalue weighted by atomic mass is 31.2. The molecule has 6 nitrogen and oxygen atoms in total. The van der Waals surface area contributed by atoms with Gasteiger partial charge in [0.05, 0.1) is 13.2 Å². The summed E-state index contributed by atoms with van der Waals surface area (Å²) in [4.78, 5) is 0. The second-order valence-corrected chi connectivity index (χ2v) is 8.42. The Kier molecular flexibility index (Phi) is 8.48. The van der Waals surface area contributed by atoms with E-state index in [1.165, 1.54) is 6.07 Å². The van der Waals surface area contributed by atoms with Crippen LogP contribution in [0.5, 0.6) is 0 Å². The summed E-state index contributed by atoms with van der Waals surface area (Å²) in [6.07, 6.45) is 3.23. The molecule has 0 saturated heterocycles. The van der Waals surface area contributed by atoms with Crippen molar-refractivity contribution in [3.05, 3.63) is 47.5 Å². The number of aromatic nitrogens is 1. The number of hydrogen-bond donors (Lipinski definition) is 1. The van der Waals surface area contributed by atoms with Crippen molar-refractivity contribution in [3.63, 3.8) is 0 Å². The Balaban J connectivity index is 2.38. The normalized spacial score (nSPS) is 12.9. The fraction of sp³-hybridized carbons (Fsp3) is 0.526. The quantitative estimate of drug-likeness (QED) is 0.346. The average molecular weight is 398 g/mol. The molecular formula is C19H28FN2O4P. The predicted molar refractivity (Wildman–Crippen MR) is 103 cm³/mol. The van der Waals surface area contributed by atoms with Crippen LogP contribution in [0, 0.1) is 12.7 Å². The lowest BCUT2D eigenvalue weighted by atomic mass is 10.2. The standard InChI is InChI=1S/C19H28FN2O4P/c1-4-6-12-24-27(23,25-13-7-5-2)19(16-10-8-9-11-17(16)20)21-18-14-15(3)26-22-18/h8-11,14,19H,4-7,12-13H2,1-3H3,(H,21,22). The molecule has 0 aliphatic rings. The van der Waals surface area contributed by atoms with E-state index in [9.17, 15) is 8.96 Å². The molecule has 0 saturated carbocycles. The number of rotatable bonds is 12. The van der Waals surface area contributed by atoms with Crippen LogP contribution in [0.3, 0.4) is 0 Å². The largest absolute Gasteiger partial charge is 0.360 e. The molecule has 1 heterocycles. The van der Waals surface area contributed by atoms with Crippen molar-refractivity contribution in [2.45, 2.75) is 52.2 Å². The van der Waals surface area contributed by atoms with Crippen molar-refractivity contribution in [2.24, 2.45) is 0 Å². The first-order valence-corrected chi connectivity index (χ1v) is 10.9. The second-order valence-electron chi connectivity index (χ2n) is 6.30. The molecule has 8 heteroatoms. The first kappa shape index (κ1) is 21.6. The van der Waals surface area contributed by atoms with E-state index >= 15 is 0 Å². The molecule has 0 spiro atoms. The molecule has 150 valence electrons. The third-order valence-corrected chi connectivity index (χ3v) is 6.09. The molecule has 1 atom stereocenters. The topological polar surface area (TPSA) is 73.6 Å². The molecule has 0 aliphatic heterocycles. The van der Waals surface area contributed by atoms with Crippen LogP contribution in [-0.2, 0) is 13.6 Å². The number of unbranched alkanes of at least 4 members (excludes halogenated alkanes) is 2. The average Bonchev–Trinajstić information content (AvgIpc) is 3.06. The van der Waals surface area contributed by atoms with E-state index < -0.39 is 19.2 Å². The zero-order valence-electron chi connectivity index (χ0n) is 16.1. The van der Waals surface area contributed by atoms with Gasteiger partial charge >= 0.3 is 7.60 Å². The minimum Gasteiger partial charge on any atom is -0.360 e. The van der Waals surface area contributed by atoms with Gasteiger partial charge in [-0.15, -0.1) is 0 Å². The molecule has 0 radical (unpaired) electrons. The molecule has 2 aromatic rings. The lowest BCUT2D eigenvalue weighted by Gasteiger charge is -2.28. The van der Waals surface area contributed by atoms with Gasteiger partial charge in [0.15, 0.2) is 11.6 Å². The van der Waals surface area contributed by atoms with E-state index in [0.717, 1.165) is 25.7 Å². The summed E-state index contributed by atoms with van der Waals surface area (Å²) in [5.74, 6) is -0.594. The van der Waals surface area contributed by atoms with E-state index in [1.54, 1.807) is 31.2 Å². The Morgan fingerprint density at radius 3 is 2.33 bits per heavy atom. The minimum absolute atomic E-state index is 0.203. The zero-order valence-corrected chi connectivity index (χ0v) is 17.0. The summed E-state index contributed by atoms with van der Waals surface area (Å²) in [5.41, 5.74) is 0.203. The fourth-order valence-corrected chi connectivity index (χ4v) is 4.44. The van der Waals surface area contributed by atoms with Crippen molar-refractivity contribution in [1.82, 2.24) is 5.16 Å². The van der Waals surface area contributed by atoms with Crippen molar-refractivity contribution in [3.8, 4) is 0 Å². The summed E-state index contributed by atoms with van der Waals surface area (Å²) < 4.78 is 44.7. The Morgan fingerprint density at radius 1 is 1.19 bits per heavy atom. The number of anilines is 1. The van der Waals surface area contributed by atoms with Gasteiger partial charge in [-0.3, -0.25) is 4.57 Å². The van der Waals surface area contributed by atoms with Gasteiger partial charge < -0.3 is 18.9 Å². The van der Waals surface area contributed by atoms with Gasteiger partial charge in [0.2, 0.25) is 0 Å². The molecule has 0 aliphatic carbocycles. The van der Waals surface area contributed by atoms with E-state index in [0.29, 0.717) is 11.6 Å². The number of halogens is 1. The van der Waals surface area contributed by atoms with Gasteiger partial charge in [-0.1, -0.05) is 50.0 Å². The summed E-state index contributed by atoms with van der Waals surface area (Å²) in [6.45, 7) is 6.30. The van der Waals surface area contributed by atoms with Crippen molar-refractivity contribution in [1.29, 1.82) is 0 Å². The van der Waals surface area contributed by atoms with Gasteiger partial charge in [-0.25, -0.2) is 4.39 Å². The number of nitrogens with one attached hydrogen (secondary N) is 1. The van der Waals surface area contributed by atoms with Crippen molar-refractivity contribution < 1.29 is 22.5 Å². The van der Waals surface area contributed by atoms with Crippen LogP contribution in [0.25, 0.3) is 0 Å². The van der Waals surface area contributed by atoms with Crippen LogP contribution < -0.4 is 5.32 Å². The zero-order chi connectivity index (χ0) is 19.7. The maximum absolute atomic E-state index is 14.5. The lowest BCUT2D eigenvalue weighted by Crippen LogP contribution is -2.17. The second kappa shape index (κ2) is 10.6. The van der Waals surface area contributed by atoms with E-state index in [4.69, 9.17) is 13.6 Å². The summed E-state index contributed by atoms with van der Waals surface area (Å²) in [6, 6.07) is 7.80. The van der Waals surface area contributed by atoms with Gasteiger partial charge in [0, 0.05) is 11.6 Å². The third-order valence-electron chi connectivity index (χ3n) is 3.97. The molecule has 27 heavy (non-hydrogen) atoms. The highest BCUT2D eigenvalue weighted by Crippen LogP contribution is 2.61. The summed E-state index contributed by atoms with van der Waals surface area (Å²) >= 11 is 0. The van der Waals surface area contributed by atoms with Crippen LogP contribution in [0.4, 0.5) is 10.2 Å². The number of benzene rings is 1. The summed E-state index contributed by atoms with van der Waals surface area (Å²) in [7, 11) is -3.73. The Morgan fingerprint density at radius 2 is 1.81 bits per heavy atom. The number of hydrogen-bond acceptors (Lipinski definition) is 6. The van der Waals surface area contributed by atoms with Gasteiger partial charge in [-0.05, 0) is 25.8 Å². The molecule has 0 fully saturated rings. The minimum atomic E-state index is -3.73. The number of nitrogens with zero attached hydrogens (tertiary/aromatic N) is 1. The molecule has 1 aromatic carbocycles. The van der Waals surface area contributed by atoms with E-state index in [-0.39, 0.29) is 18.8 Å². The van der Waals surface area contributed by atoms with Gasteiger partial charge in [0.1, 0.15) is 11.6 Å². The number of aryl methyl sites for hydroxylation is 1. The maximum Gasteiger partial charge on any atom is 0.357 e.